The van der Waals surface area contributed by atoms with Gasteiger partial charge < -0.3 is 9.84 Å². The third-order valence-electron chi connectivity index (χ3n) is 4.46. The molecule has 0 radical (unpaired) electrons. The number of piperidine rings is 1. The first-order valence-corrected chi connectivity index (χ1v) is 7.70. The Kier molecular flexibility index (Phi) is 3.81. The summed E-state index contributed by atoms with van der Waals surface area (Å²) in [5.41, 5.74) is 0.950. The number of nitrogens with zero attached hydrogens (tertiary/aromatic N) is 2. The molecule has 0 spiro atoms. The van der Waals surface area contributed by atoms with Crippen LogP contribution < -0.4 is 5.32 Å². The molecule has 1 N–H and O–H groups in total. The van der Waals surface area contributed by atoms with Crippen LogP contribution >= 0.6 is 0 Å². The summed E-state index contributed by atoms with van der Waals surface area (Å²) in [6, 6.07) is 10.5. The second kappa shape index (κ2) is 5.60. The first kappa shape index (κ1) is 14.3. The lowest BCUT2D eigenvalue weighted by molar-refractivity contribution is 0.258. The molecule has 1 aliphatic heterocycles. The Labute approximate surface area is 126 Å². The summed E-state index contributed by atoms with van der Waals surface area (Å²) in [5.74, 6) is 2.18. The van der Waals surface area contributed by atoms with Gasteiger partial charge in [-0.05, 0) is 44.7 Å². The average molecular weight is 285 g/mol. The first-order valence-electron chi connectivity index (χ1n) is 7.70. The van der Waals surface area contributed by atoms with Crippen molar-refractivity contribution in [3.05, 3.63) is 47.6 Å². The normalized spacial score (nSPS) is 23.2. The molecule has 1 fully saturated rings. The van der Waals surface area contributed by atoms with Crippen LogP contribution in [0.25, 0.3) is 0 Å². The van der Waals surface area contributed by atoms with Crippen LogP contribution in [0.15, 0.2) is 34.9 Å². The topological polar surface area (TPSA) is 51.0 Å². The quantitative estimate of drug-likeness (QED) is 0.938. The number of hydrogen-bond acceptors (Lipinski definition) is 4. The van der Waals surface area contributed by atoms with E-state index >= 15 is 0 Å². The number of rotatable bonds is 3. The predicted molar refractivity (Wildman–Crippen MR) is 82.0 cm³/mol. The van der Waals surface area contributed by atoms with E-state index < -0.39 is 0 Å². The molecule has 0 bridgehead atoms. The number of hydrogen-bond donors (Lipinski definition) is 1. The molecule has 4 nitrogen and oxygen atoms in total. The van der Waals surface area contributed by atoms with Crippen molar-refractivity contribution in [3.63, 3.8) is 0 Å². The Bertz CT molecular complexity index is 591. The van der Waals surface area contributed by atoms with Crippen molar-refractivity contribution < 1.29 is 4.52 Å². The SMILES string of the molecule is CC1CCNC(c2nc(C(C)(C)c3ccccc3)no2)C1. The van der Waals surface area contributed by atoms with E-state index in [4.69, 9.17) is 4.52 Å². The van der Waals surface area contributed by atoms with Crippen molar-refractivity contribution >= 4 is 0 Å². The molecule has 0 amide bonds. The summed E-state index contributed by atoms with van der Waals surface area (Å²) < 4.78 is 5.54. The third-order valence-corrected chi connectivity index (χ3v) is 4.46. The Morgan fingerprint density at radius 2 is 2.00 bits per heavy atom. The molecular formula is C17H23N3O. The second-order valence-electron chi connectivity index (χ2n) is 6.58. The number of benzene rings is 1. The van der Waals surface area contributed by atoms with Crippen LogP contribution in [-0.2, 0) is 5.41 Å². The van der Waals surface area contributed by atoms with E-state index in [0.717, 1.165) is 24.7 Å². The highest BCUT2D eigenvalue weighted by molar-refractivity contribution is 5.30. The molecule has 4 heteroatoms. The summed E-state index contributed by atoms with van der Waals surface area (Å²) >= 11 is 0. The zero-order valence-electron chi connectivity index (χ0n) is 13.0. The highest BCUT2D eigenvalue weighted by Crippen LogP contribution is 2.31. The molecular weight excluding hydrogens is 262 g/mol. The summed E-state index contributed by atoms with van der Waals surface area (Å²) in [7, 11) is 0. The fraction of sp³-hybridized carbons (Fsp3) is 0.529. The Balaban J connectivity index is 1.84. The lowest BCUT2D eigenvalue weighted by Crippen LogP contribution is -2.31. The lowest BCUT2D eigenvalue weighted by Gasteiger charge is -2.25. The van der Waals surface area contributed by atoms with E-state index in [1.165, 1.54) is 12.0 Å². The Hall–Kier alpha value is -1.68. The van der Waals surface area contributed by atoms with Crippen LogP contribution in [0, 0.1) is 5.92 Å². The van der Waals surface area contributed by atoms with Crippen molar-refractivity contribution in [1.29, 1.82) is 0 Å². The highest BCUT2D eigenvalue weighted by Gasteiger charge is 2.31. The maximum atomic E-state index is 5.54. The van der Waals surface area contributed by atoms with E-state index in [2.05, 4.69) is 48.4 Å². The predicted octanol–water partition coefficient (Wildman–Crippen LogP) is 3.46. The van der Waals surface area contributed by atoms with Crippen molar-refractivity contribution in [2.45, 2.75) is 45.1 Å². The fourth-order valence-electron chi connectivity index (χ4n) is 2.91. The van der Waals surface area contributed by atoms with E-state index in [9.17, 15) is 0 Å². The van der Waals surface area contributed by atoms with Gasteiger partial charge in [0.15, 0.2) is 5.82 Å². The molecule has 1 aliphatic rings. The molecule has 1 aromatic carbocycles. The van der Waals surface area contributed by atoms with Crippen molar-refractivity contribution in [3.8, 4) is 0 Å². The minimum absolute atomic E-state index is 0.196. The molecule has 2 aromatic rings. The van der Waals surface area contributed by atoms with Gasteiger partial charge in [0, 0.05) is 0 Å². The summed E-state index contributed by atoms with van der Waals surface area (Å²) in [5, 5.41) is 7.71. The summed E-state index contributed by atoms with van der Waals surface area (Å²) in [6.45, 7) is 7.56. The molecule has 112 valence electrons. The molecule has 0 saturated carbocycles. The van der Waals surface area contributed by atoms with Crippen LogP contribution in [0.4, 0.5) is 0 Å². The van der Waals surface area contributed by atoms with E-state index in [-0.39, 0.29) is 11.5 Å². The minimum Gasteiger partial charge on any atom is -0.338 e. The third kappa shape index (κ3) is 2.86. The van der Waals surface area contributed by atoms with Crippen LogP contribution in [0.3, 0.4) is 0 Å². The Morgan fingerprint density at radius 3 is 2.71 bits per heavy atom. The van der Waals surface area contributed by atoms with Gasteiger partial charge in [-0.25, -0.2) is 0 Å². The van der Waals surface area contributed by atoms with Gasteiger partial charge in [0.2, 0.25) is 5.89 Å². The van der Waals surface area contributed by atoms with Gasteiger partial charge in [-0.3, -0.25) is 0 Å². The van der Waals surface area contributed by atoms with Gasteiger partial charge >= 0.3 is 0 Å². The van der Waals surface area contributed by atoms with Gasteiger partial charge in [-0.15, -0.1) is 0 Å². The van der Waals surface area contributed by atoms with Crippen molar-refractivity contribution in [2.75, 3.05) is 6.54 Å². The maximum absolute atomic E-state index is 5.54. The highest BCUT2D eigenvalue weighted by atomic mass is 16.5. The van der Waals surface area contributed by atoms with Gasteiger partial charge in [-0.2, -0.15) is 4.98 Å². The molecule has 2 atom stereocenters. The number of aromatic nitrogens is 2. The van der Waals surface area contributed by atoms with Gasteiger partial charge in [0.25, 0.3) is 0 Å². The second-order valence-corrected chi connectivity index (χ2v) is 6.58. The van der Waals surface area contributed by atoms with E-state index in [0.29, 0.717) is 5.92 Å². The van der Waals surface area contributed by atoms with Gasteiger partial charge in [0.05, 0.1) is 11.5 Å². The van der Waals surface area contributed by atoms with Crippen LogP contribution in [0.1, 0.15) is 56.9 Å². The van der Waals surface area contributed by atoms with Gasteiger partial charge in [-0.1, -0.05) is 42.4 Å². The van der Waals surface area contributed by atoms with Crippen molar-refractivity contribution in [2.24, 2.45) is 5.92 Å². The van der Waals surface area contributed by atoms with Gasteiger partial charge in [0.1, 0.15) is 0 Å². The largest absolute Gasteiger partial charge is 0.338 e. The minimum atomic E-state index is -0.247. The zero-order chi connectivity index (χ0) is 14.9. The standard InChI is InChI=1S/C17H23N3O/c1-12-9-10-18-14(11-12)15-19-16(20-21-15)17(2,3)13-7-5-4-6-8-13/h4-8,12,14,18H,9-11H2,1-3H3. The fourth-order valence-corrected chi connectivity index (χ4v) is 2.91. The smallest absolute Gasteiger partial charge is 0.243 e. The molecule has 1 aromatic heterocycles. The molecule has 2 unspecified atom stereocenters. The molecule has 21 heavy (non-hydrogen) atoms. The van der Waals surface area contributed by atoms with Crippen LogP contribution in [-0.4, -0.2) is 16.7 Å². The summed E-state index contributed by atoms with van der Waals surface area (Å²) in [6.07, 6.45) is 2.28. The molecule has 0 aliphatic carbocycles. The number of nitrogens with one attached hydrogen (secondary N) is 1. The maximum Gasteiger partial charge on any atom is 0.243 e. The Morgan fingerprint density at radius 1 is 1.24 bits per heavy atom. The van der Waals surface area contributed by atoms with Crippen molar-refractivity contribution in [1.82, 2.24) is 15.5 Å². The molecule has 3 rings (SSSR count). The van der Waals surface area contributed by atoms with Crippen LogP contribution in [0.5, 0.6) is 0 Å². The lowest BCUT2D eigenvalue weighted by atomic mass is 9.84. The van der Waals surface area contributed by atoms with E-state index in [1.807, 2.05) is 18.2 Å². The molecule has 1 saturated heterocycles. The average Bonchev–Trinajstić information content (AvgIpc) is 2.99. The monoisotopic (exact) mass is 285 g/mol. The zero-order valence-corrected chi connectivity index (χ0v) is 13.0. The summed E-state index contributed by atoms with van der Waals surface area (Å²) in [4.78, 5) is 4.68. The first-order chi connectivity index (χ1) is 10.1. The van der Waals surface area contributed by atoms with Crippen LogP contribution in [0.2, 0.25) is 0 Å². The molecule has 2 heterocycles. The van der Waals surface area contributed by atoms with E-state index in [1.54, 1.807) is 0 Å².